The zero-order chi connectivity index (χ0) is 17.9. The molecular formula is C20H17FN4S. The Morgan fingerprint density at radius 1 is 1.12 bits per heavy atom. The third kappa shape index (κ3) is 3.31. The van der Waals surface area contributed by atoms with Gasteiger partial charge in [-0.1, -0.05) is 18.6 Å². The van der Waals surface area contributed by atoms with Gasteiger partial charge in [0.15, 0.2) is 5.82 Å². The van der Waals surface area contributed by atoms with E-state index in [2.05, 4.69) is 20.8 Å². The molecular weight excluding hydrogens is 347 g/mol. The number of benzene rings is 1. The number of aromatic nitrogens is 3. The first-order valence-electron chi connectivity index (χ1n) is 8.64. The van der Waals surface area contributed by atoms with Crippen molar-refractivity contribution >= 4 is 23.0 Å². The number of rotatable bonds is 3. The fourth-order valence-electron chi connectivity index (χ4n) is 3.17. The average Bonchev–Trinajstić information content (AvgIpc) is 3.21. The number of fused-ring (bicyclic) bond motifs is 1. The van der Waals surface area contributed by atoms with E-state index in [1.54, 1.807) is 23.5 Å². The van der Waals surface area contributed by atoms with Crippen LogP contribution in [0.25, 0.3) is 22.1 Å². The minimum Gasteiger partial charge on any atom is -0.310 e. The van der Waals surface area contributed by atoms with Crippen LogP contribution in [0, 0.1) is 17.1 Å². The topological polar surface area (TPSA) is 54.5 Å². The second-order valence-corrected chi connectivity index (χ2v) is 7.40. The first-order chi connectivity index (χ1) is 12.7. The number of nitriles is 1. The van der Waals surface area contributed by atoms with Gasteiger partial charge in [-0.3, -0.25) is 0 Å². The smallest absolute Gasteiger partial charge is 0.174 e. The molecule has 1 aliphatic heterocycles. The molecule has 1 aliphatic rings. The Labute approximate surface area is 155 Å². The Morgan fingerprint density at radius 2 is 1.96 bits per heavy atom. The van der Waals surface area contributed by atoms with Crippen molar-refractivity contribution in [2.75, 3.05) is 0 Å². The van der Waals surface area contributed by atoms with Crippen molar-refractivity contribution in [3.8, 4) is 16.5 Å². The largest absolute Gasteiger partial charge is 0.310 e. The van der Waals surface area contributed by atoms with Crippen LogP contribution in [0.3, 0.4) is 0 Å². The lowest BCUT2D eigenvalue weighted by Crippen LogP contribution is -2.05. The van der Waals surface area contributed by atoms with Gasteiger partial charge >= 0.3 is 0 Å². The van der Waals surface area contributed by atoms with E-state index >= 15 is 0 Å². The summed E-state index contributed by atoms with van der Waals surface area (Å²) in [6, 6.07) is 12.7. The molecule has 4 nitrogen and oxygen atoms in total. The number of thiophene rings is 1. The zero-order valence-corrected chi connectivity index (χ0v) is 15.0. The van der Waals surface area contributed by atoms with Gasteiger partial charge in [0.1, 0.15) is 17.7 Å². The highest BCUT2D eigenvalue weighted by Crippen LogP contribution is 2.31. The Balaban J connectivity index is 1.66. The first kappa shape index (κ1) is 16.7. The molecule has 0 saturated carbocycles. The Morgan fingerprint density at radius 3 is 2.77 bits per heavy atom. The van der Waals surface area contributed by atoms with Crippen molar-refractivity contribution in [3.05, 3.63) is 58.7 Å². The third-order valence-corrected chi connectivity index (χ3v) is 5.59. The molecule has 0 radical (unpaired) electrons. The molecule has 130 valence electrons. The number of halogens is 1. The van der Waals surface area contributed by atoms with E-state index in [-0.39, 0.29) is 5.82 Å². The summed E-state index contributed by atoms with van der Waals surface area (Å²) in [5.74, 6) is 1.38. The minimum atomic E-state index is -0.246. The molecule has 6 heteroatoms. The quantitative estimate of drug-likeness (QED) is 0.619. The standard InChI is InChI=1S/C20H17FN4S/c21-16-7-5-14(6-8-16)18-10-9-17(26-18)12-15(13-22)20-24-23-19-4-2-1-3-11-25(19)20/h5-10,12H,1-4,11H2/b15-12+. The molecule has 0 amide bonds. The molecule has 4 rings (SSSR count). The van der Waals surface area contributed by atoms with E-state index in [1.807, 2.05) is 18.2 Å². The van der Waals surface area contributed by atoms with Crippen LogP contribution in [0.4, 0.5) is 4.39 Å². The second-order valence-electron chi connectivity index (χ2n) is 6.28. The van der Waals surface area contributed by atoms with Gasteiger partial charge in [0, 0.05) is 22.7 Å². The molecule has 26 heavy (non-hydrogen) atoms. The van der Waals surface area contributed by atoms with Crippen molar-refractivity contribution < 1.29 is 4.39 Å². The molecule has 2 aromatic heterocycles. The average molecular weight is 364 g/mol. The van der Waals surface area contributed by atoms with Crippen molar-refractivity contribution in [2.45, 2.75) is 32.2 Å². The highest BCUT2D eigenvalue weighted by atomic mass is 32.1. The Hall–Kier alpha value is -2.78. The van der Waals surface area contributed by atoms with Crippen LogP contribution in [0.15, 0.2) is 36.4 Å². The van der Waals surface area contributed by atoms with Crippen molar-refractivity contribution in [2.24, 2.45) is 0 Å². The number of hydrogen-bond donors (Lipinski definition) is 0. The molecule has 0 fully saturated rings. The van der Waals surface area contributed by atoms with E-state index in [1.165, 1.54) is 18.6 Å². The summed E-state index contributed by atoms with van der Waals surface area (Å²) >= 11 is 1.57. The number of allylic oxidation sites excluding steroid dienone is 1. The lowest BCUT2D eigenvalue weighted by atomic mass is 10.2. The molecule has 0 unspecified atom stereocenters. The molecule has 0 aliphatic carbocycles. The van der Waals surface area contributed by atoms with E-state index in [0.29, 0.717) is 11.4 Å². The van der Waals surface area contributed by atoms with Gasteiger partial charge in [-0.2, -0.15) is 5.26 Å². The molecule has 0 spiro atoms. The summed E-state index contributed by atoms with van der Waals surface area (Å²) in [6.45, 7) is 0.863. The maximum absolute atomic E-state index is 13.1. The predicted octanol–water partition coefficient (Wildman–Crippen LogP) is 4.94. The van der Waals surface area contributed by atoms with Crippen molar-refractivity contribution in [1.82, 2.24) is 14.8 Å². The molecule has 3 heterocycles. The van der Waals surface area contributed by atoms with Gasteiger partial charge in [-0.25, -0.2) is 4.39 Å². The SMILES string of the molecule is N#C/C(=C\c1ccc(-c2ccc(F)cc2)s1)c1nnc2n1CCCCC2. The van der Waals surface area contributed by atoms with Crippen LogP contribution >= 0.6 is 11.3 Å². The Kier molecular flexibility index (Phi) is 4.63. The number of aryl methyl sites for hydroxylation is 1. The van der Waals surface area contributed by atoms with Gasteiger partial charge in [0.25, 0.3) is 0 Å². The van der Waals surface area contributed by atoms with E-state index in [0.717, 1.165) is 46.9 Å². The van der Waals surface area contributed by atoms with Gasteiger partial charge in [-0.15, -0.1) is 21.5 Å². The lowest BCUT2D eigenvalue weighted by molar-refractivity contribution is 0.627. The fourth-order valence-corrected chi connectivity index (χ4v) is 4.13. The highest BCUT2D eigenvalue weighted by molar-refractivity contribution is 7.16. The van der Waals surface area contributed by atoms with Crippen molar-refractivity contribution in [3.63, 3.8) is 0 Å². The molecule has 0 saturated heterocycles. The summed E-state index contributed by atoms with van der Waals surface area (Å²) < 4.78 is 15.2. The molecule has 0 bridgehead atoms. The van der Waals surface area contributed by atoms with Crippen molar-refractivity contribution in [1.29, 1.82) is 5.26 Å². The molecule has 0 atom stereocenters. The van der Waals surface area contributed by atoms with Crippen LogP contribution in [-0.2, 0) is 13.0 Å². The van der Waals surface area contributed by atoms with Crippen LogP contribution < -0.4 is 0 Å². The predicted molar refractivity (Wildman–Crippen MR) is 101 cm³/mol. The van der Waals surface area contributed by atoms with E-state index in [9.17, 15) is 9.65 Å². The van der Waals surface area contributed by atoms with Crippen LogP contribution in [-0.4, -0.2) is 14.8 Å². The maximum atomic E-state index is 13.1. The van der Waals surface area contributed by atoms with Gasteiger partial charge in [-0.05, 0) is 48.7 Å². The number of nitrogens with zero attached hydrogens (tertiary/aromatic N) is 4. The molecule has 1 aromatic carbocycles. The van der Waals surface area contributed by atoms with Crippen LogP contribution in [0.5, 0.6) is 0 Å². The summed E-state index contributed by atoms with van der Waals surface area (Å²) in [5.41, 5.74) is 1.49. The fraction of sp³-hybridized carbons (Fsp3) is 0.250. The van der Waals surface area contributed by atoms with E-state index < -0.39 is 0 Å². The summed E-state index contributed by atoms with van der Waals surface area (Å²) in [7, 11) is 0. The first-order valence-corrected chi connectivity index (χ1v) is 9.46. The second kappa shape index (κ2) is 7.22. The van der Waals surface area contributed by atoms with Gasteiger partial charge in [0.2, 0.25) is 0 Å². The minimum absolute atomic E-state index is 0.246. The summed E-state index contributed by atoms with van der Waals surface area (Å²) in [6.07, 6.45) is 6.17. The summed E-state index contributed by atoms with van der Waals surface area (Å²) in [4.78, 5) is 2.00. The Bertz CT molecular complexity index is 992. The highest BCUT2D eigenvalue weighted by Gasteiger charge is 2.17. The maximum Gasteiger partial charge on any atom is 0.174 e. The van der Waals surface area contributed by atoms with Crippen LogP contribution in [0.1, 0.15) is 35.8 Å². The number of hydrogen-bond acceptors (Lipinski definition) is 4. The third-order valence-electron chi connectivity index (χ3n) is 4.51. The lowest BCUT2D eigenvalue weighted by Gasteiger charge is -2.05. The normalized spacial score (nSPS) is 14.5. The molecule has 0 N–H and O–H groups in total. The molecule has 3 aromatic rings. The van der Waals surface area contributed by atoms with Gasteiger partial charge in [0.05, 0.1) is 5.57 Å². The van der Waals surface area contributed by atoms with E-state index in [4.69, 9.17) is 0 Å². The monoisotopic (exact) mass is 364 g/mol. The van der Waals surface area contributed by atoms with Crippen LogP contribution in [0.2, 0.25) is 0 Å². The zero-order valence-electron chi connectivity index (χ0n) is 14.2. The van der Waals surface area contributed by atoms with Gasteiger partial charge < -0.3 is 4.57 Å². The summed E-state index contributed by atoms with van der Waals surface area (Å²) in [5, 5.41) is 18.2.